The van der Waals surface area contributed by atoms with E-state index in [1.54, 1.807) is 23.9 Å². The average Bonchev–Trinajstić information content (AvgIpc) is 3.66. The molecule has 5 aromatic carbocycles. The number of halogens is 4. The Balaban J connectivity index is 0.982. The monoisotopic (exact) mass is 892 g/mol. The molecule has 14 heteroatoms. The molecule has 1 amide bonds. The summed E-state index contributed by atoms with van der Waals surface area (Å²) in [5, 5.41) is 3.98. The quantitative estimate of drug-likeness (QED) is 0.101. The van der Waals surface area contributed by atoms with Crippen molar-refractivity contribution in [1.82, 2.24) is 9.62 Å². The minimum absolute atomic E-state index is 0.0550. The van der Waals surface area contributed by atoms with Gasteiger partial charge in [0.1, 0.15) is 0 Å². The number of rotatable bonds is 15. The Morgan fingerprint density at radius 3 is 2.25 bits per heavy atom. The van der Waals surface area contributed by atoms with Gasteiger partial charge in [0.25, 0.3) is 5.91 Å². The second kappa shape index (κ2) is 20.2. The highest BCUT2D eigenvalue weighted by Gasteiger charge is 2.40. The van der Waals surface area contributed by atoms with Crippen molar-refractivity contribution in [2.24, 2.45) is 5.92 Å². The third-order valence-corrected chi connectivity index (χ3v) is 15.0. The lowest BCUT2D eigenvalue weighted by molar-refractivity contribution is -0.0384. The van der Waals surface area contributed by atoms with Crippen LogP contribution >= 0.6 is 23.4 Å². The van der Waals surface area contributed by atoms with Crippen LogP contribution in [0.5, 0.6) is 0 Å². The molecule has 5 aromatic rings. The first-order valence-corrected chi connectivity index (χ1v) is 23.8. The zero-order valence-corrected chi connectivity index (χ0v) is 36.4. The number of alkyl halides is 3. The summed E-state index contributed by atoms with van der Waals surface area (Å²) in [5.41, 5.74) is -0.0932. The predicted octanol–water partition coefficient (Wildman–Crippen LogP) is 10.6. The lowest BCUT2D eigenvalue weighted by Crippen LogP contribution is -2.34. The van der Waals surface area contributed by atoms with Crippen molar-refractivity contribution in [3.05, 3.63) is 137 Å². The van der Waals surface area contributed by atoms with E-state index in [4.69, 9.17) is 11.6 Å². The summed E-state index contributed by atoms with van der Waals surface area (Å²) >= 11 is 7.72. The summed E-state index contributed by atoms with van der Waals surface area (Å²) in [4.78, 5) is 18.2. The molecule has 4 unspecified atom stereocenters. The Bertz CT molecular complexity index is 2280. The van der Waals surface area contributed by atoms with Gasteiger partial charge in [-0.1, -0.05) is 66.2 Å². The van der Waals surface area contributed by atoms with Gasteiger partial charge in [-0.05, 0) is 141 Å². The largest absolute Gasteiger partial charge is 0.475 e. The molecule has 0 saturated carbocycles. The van der Waals surface area contributed by atoms with Crippen molar-refractivity contribution in [1.29, 1.82) is 0 Å². The Labute approximate surface area is 364 Å². The van der Waals surface area contributed by atoms with Crippen LogP contribution in [0.15, 0.2) is 136 Å². The smallest absolute Gasteiger partial charge is 0.380 e. The maximum absolute atomic E-state index is 14.0. The number of hydrogen-bond donors (Lipinski definition) is 2. The number of thioether (sulfide) groups is 1. The zero-order chi connectivity index (χ0) is 42.2. The Morgan fingerprint density at radius 1 is 0.867 bits per heavy atom. The molecule has 0 aromatic heterocycles. The van der Waals surface area contributed by atoms with E-state index < -0.39 is 38.1 Å². The molecule has 2 aliphatic heterocycles. The van der Waals surface area contributed by atoms with Gasteiger partial charge in [-0.15, -0.1) is 11.8 Å². The van der Waals surface area contributed by atoms with Crippen molar-refractivity contribution in [3.63, 3.8) is 0 Å². The minimum Gasteiger partial charge on any atom is -0.380 e. The van der Waals surface area contributed by atoms with Crippen LogP contribution in [0, 0.1) is 5.92 Å². The van der Waals surface area contributed by atoms with Gasteiger partial charge in [0.15, 0.2) is 21.8 Å². The number of carbonyl (C=O) groups is 1. The fourth-order valence-corrected chi connectivity index (χ4v) is 10.9. The number of amides is 1. The van der Waals surface area contributed by atoms with Crippen LogP contribution in [0.1, 0.15) is 48.0 Å². The molecule has 316 valence electrons. The summed E-state index contributed by atoms with van der Waals surface area (Å²) in [7, 11) is -3.60. The molecular formula is C46H48ClF3N4O3S3. The topological polar surface area (TPSA) is 81.8 Å². The van der Waals surface area contributed by atoms with E-state index >= 15 is 0 Å². The zero-order valence-electron chi connectivity index (χ0n) is 33.2. The van der Waals surface area contributed by atoms with E-state index in [9.17, 15) is 26.4 Å². The molecule has 2 aliphatic rings. The van der Waals surface area contributed by atoms with Crippen molar-refractivity contribution >= 4 is 62.4 Å². The number of likely N-dealkylation sites (tertiary alicyclic amines) is 1. The number of nitrogens with one attached hydrogen (secondary N) is 2. The van der Waals surface area contributed by atoms with Gasteiger partial charge in [0.05, 0.1) is 15.5 Å². The Hall–Kier alpha value is -4.14. The number of piperidine rings is 1. The van der Waals surface area contributed by atoms with Crippen molar-refractivity contribution in [3.8, 4) is 11.1 Å². The number of nitrogens with zero attached hydrogens (tertiary/aromatic N) is 2. The Morgan fingerprint density at radius 2 is 1.57 bits per heavy atom. The fourth-order valence-electron chi connectivity index (χ4n) is 8.06. The summed E-state index contributed by atoms with van der Waals surface area (Å²) in [6, 6.07) is 37.0. The number of carbonyl (C=O) groups excluding carboxylic acids is 1. The predicted molar refractivity (Wildman–Crippen MR) is 240 cm³/mol. The first-order chi connectivity index (χ1) is 28.9. The van der Waals surface area contributed by atoms with Gasteiger partial charge < -0.3 is 15.1 Å². The molecule has 2 fully saturated rings. The molecule has 0 spiro atoms. The van der Waals surface area contributed by atoms with Crippen LogP contribution in [0.25, 0.3) is 11.1 Å². The Kier molecular flexibility index (Phi) is 14.8. The maximum Gasteiger partial charge on any atom is 0.475 e. The van der Waals surface area contributed by atoms with Gasteiger partial charge in [-0.3, -0.25) is 9.52 Å². The van der Waals surface area contributed by atoms with Crippen LogP contribution in [0.2, 0.25) is 5.02 Å². The van der Waals surface area contributed by atoms with Crippen LogP contribution < -0.4 is 14.9 Å². The SMILES string of the molecule is CN1CCCC1CC(CSc1ccccc1)Nc1ccc(S(=O)NC(=O)c2ccc(N3CCC(Cc4ccccc4-c4ccc(Cl)cc4)CC3)cc2)cc1S(=O)C(F)(F)F. The minimum atomic E-state index is -5.06. The summed E-state index contributed by atoms with van der Waals surface area (Å²) in [6.07, 6.45) is 5.70. The van der Waals surface area contributed by atoms with E-state index in [2.05, 4.69) is 56.2 Å². The van der Waals surface area contributed by atoms with Gasteiger partial charge in [0.2, 0.25) is 0 Å². The van der Waals surface area contributed by atoms with Gasteiger partial charge in [0, 0.05) is 52.1 Å². The van der Waals surface area contributed by atoms with Crippen molar-refractivity contribution < 1.29 is 26.4 Å². The van der Waals surface area contributed by atoms with Gasteiger partial charge in [-0.25, -0.2) is 8.42 Å². The normalized spacial score (nSPS) is 17.9. The molecule has 60 heavy (non-hydrogen) atoms. The molecule has 2 heterocycles. The number of benzene rings is 5. The highest BCUT2D eigenvalue weighted by Crippen LogP contribution is 2.35. The molecule has 7 rings (SSSR count). The summed E-state index contributed by atoms with van der Waals surface area (Å²) < 4.78 is 70.9. The van der Waals surface area contributed by atoms with Crippen molar-refractivity contribution in [2.75, 3.05) is 42.7 Å². The molecular weight excluding hydrogens is 845 g/mol. The van der Waals surface area contributed by atoms with Gasteiger partial charge >= 0.3 is 5.51 Å². The summed E-state index contributed by atoms with van der Waals surface area (Å²) in [5.74, 6) is 0.443. The maximum atomic E-state index is 14.0. The molecule has 0 aliphatic carbocycles. The third-order valence-electron chi connectivity index (χ3n) is 11.3. The van der Waals surface area contributed by atoms with Crippen molar-refractivity contribution in [2.45, 2.75) is 70.8 Å². The summed E-state index contributed by atoms with van der Waals surface area (Å²) in [6.45, 7) is 2.67. The van der Waals surface area contributed by atoms with E-state index in [0.717, 1.165) is 74.0 Å². The molecule has 0 radical (unpaired) electrons. The average molecular weight is 894 g/mol. The van der Waals surface area contributed by atoms with Gasteiger partial charge in [-0.2, -0.15) is 13.2 Å². The van der Waals surface area contributed by atoms with Crippen LogP contribution in [0.3, 0.4) is 0 Å². The molecule has 2 saturated heterocycles. The first-order valence-electron chi connectivity index (χ1n) is 20.1. The van der Waals surface area contributed by atoms with E-state index in [1.165, 1.54) is 23.3 Å². The fraction of sp³-hybridized carbons (Fsp3) is 0.326. The van der Waals surface area contributed by atoms with E-state index in [0.29, 0.717) is 23.1 Å². The first kappa shape index (κ1) is 43.9. The van der Waals surface area contributed by atoms with E-state index in [1.807, 2.05) is 61.6 Å². The lowest BCUT2D eigenvalue weighted by atomic mass is 9.87. The van der Waals surface area contributed by atoms with Crippen LogP contribution in [-0.4, -0.2) is 69.3 Å². The molecule has 2 N–H and O–H groups in total. The molecule has 7 nitrogen and oxygen atoms in total. The number of anilines is 2. The standard InChI is InChI=1S/C46H48ClF3N4O3S3/c1-53-25-7-9-39(53)29-37(31-58-40-10-3-2-4-11-40)51-43-22-21-41(30-44(43)59(56)46(48,49)50)60(57)52-45(55)34-15-19-38(20-16-34)54-26-23-32(24-27-54)28-35-8-5-6-12-42(35)33-13-17-36(47)18-14-33/h2-6,8,10-22,30,32,37,39,51H,7,9,23-29,31H2,1H3,(H,52,55). The number of hydrogen-bond acceptors (Lipinski definition) is 7. The third kappa shape index (κ3) is 11.4. The van der Waals surface area contributed by atoms with Crippen LogP contribution in [-0.2, 0) is 28.2 Å². The second-order valence-corrected chi connectivity index (χ2v) is 19.6. The second-order valence-electron chi connectivity index (χ2n) is 15.4. The van der Waals surface area contributed by atoms with Crippen LogP contribution in [0.4, 0.5) is 24.5 Å². The highest BCUT2D eigenvalue weighted by molar-refractivity contribution is 7.99. The van der Waals surface area contributed by atoms with E-state index in [-0.39, 0.29) is 28.2 Å². The highest BCUT2D eigenvalue weighted by atomic mass is 35.5. The lowest BCUT2D eigenvalue weighted by Gasteiger charge is -2.34. The molecule has 0 bridgehead atoms. The molecule has 4 atom stereocenters.